The number of ether oxygens (including phenoxy) is 2. The molecule has 5 heteroatoms. The summed E-state index contributed by atoms with van der Waals surface area (Å²) in [5.41, 5.74) is 0.00986. The zero-order valence-electron chi connectivity index (χ0n) is 12.7. The summed E-state index contributed by atoms with van der Waals surface area (Å²) in [6, 6.07) is 0. The molecule has 1 fully saturated rings. The maximum atomic E-state index is 11.8. The number of carbonyl (C=O) groups excluding carboxylic acids is 2. The van der Waals surface area contributed by atoms with Gasteiger partial charge in [-0.15, -0.1) is 0 Å². The Morgan fingerprint density at radius 3 is 2.40 bits per heavy atom. The van der Waals surface area contributed by atoms with E-state index in [0.29, 0.717) is 11.5 Å². The van der Waals surface area contributed by atoms with Crippen LogP contribution in [0.15, 0.2) is 12.2 Å². The van der Waals surface area contributed by atoms with E-state index >= 15 is 0 Å². The topological polar surface area (TPSA) is 64.6 Å². The standard InChI is InChI=1S/C15H25NO4/c1-11(2)13(17)19-10-9-16-14(18)20-15(12(3)4)7-5-6-8-15/h12H,1,5-10H2,2-4H3,(H,16,18). The molecule has 0 atom stereocenters. The van der Waals surface area contributed by atoms with Crippen molar-refractivity contribution < 1.29 is 19.1 Å². The van der Waals surface area contributed by atoms with Gasteiger partial charge in [-0.1, -0.05) is 20.4 Å². The molecule has 0 aliphatic heterocycles. The largest absolute Gasteiger partial charge is 0.460 e. The van der Waals surface area contributed by atoms with Gasteiger partial charge in [-0.05, 0) is 38.5 Å². The predicted molar refractivity (Wildman–Crippen MR) is 76.3 cm³/mol. The highest BCUT2D eigenvalue weighted by Gasteiger charge is 2.40. The van der Waals surface area contributed by atoms with E-state index in [1.54, 1.807) is 6.92 Å². The minimum Gasteiger partial charge on any atom is -0.460 e. The van der Waals surface area contributed by atoms with Crippen LogP contribution in [0.3, 0.4) is 0 Å². The first-order valence-electron chi connectivity index (χ1n) is 7.17. The molecule has 1 rings (SSSR count). The van der Waals surface area contributed by atoms with Crippen LogP contribution in [-0.4, -0.2) is 30.8 Å². The average molecular weight is 283 g/mol. The van der Waals surface area contributed by atoms with Crippen LogP contribution in [0.1, 0.15) is 46.5 Å². The fourth-order valence-electron chi connectivity index (χ4n) is 2.41. The Morgan fingerprint density at radius 2 is 1.90 bits per heavy atom. The second-order valence-corrected chi connectivity index (χ2v) is 5.66. The van der Waals surface area contributed by atoms with E-state index in [4.69, 9.17) is 9.47 Å². The molecule has 0 heterocycles. The van der Waals surface area contributed by atoms with Crippen molar-refractivity contribution in [2.75, 3.05) is 13.2 Å². The summed E-state index contributed by atoms with van der Waals surface area (Å²) in [5, 5.41) is 2.62. The van der Waals surface area contributed by atoms with E-state index in [0.717, 1.165) is 25.7 Å². The molecule has 0 saturated heterocycles. The third-order valence-electron chi connectivity index (χ3n) is 3.75. The third-order valence-corrected chi connectivity index (χ3v) is 3.75. The van der Waals surface area contributed by atoms with Gasteiger partial charge in [-0.2, -0.15) is 0 Å². The van der Waals surface area contributed by atoms with Gasteiger partial charge in [0, 0.05) is 5.57 Å². The summed E-state index contributed by atoms with van der Waals surface area (Å²) in [6.45, 7) is 9.58. The van der Waals surface area contributed by atoms with E-state index in [1.807, 2.05) is 0 Å². The monoisotopic (exact) mass is 283 g/mol. The average Bonchev–Trinajstić information content (AvgIpc) is 2.84. The summed E-state index contributed by atoms with van der Waals surface area (Å²) in [4.78, 5) is 22.9. The second-order valence-electron chi connectivity index (χ2n) is 5.66. The van der Waals surface area contributed by atoms with Crippen molar-refractivity contribution in [2.45, 2.75) is 52.1 Å². The molecule has 5 nitrogen and oxygen atoms in total. The summed E-state index contributed by atoms with van der Waals surface area (Å²) in [6.07, 6.45) is 3.60. The zero-order valence-corrected chi connectivity index (χ0v) is 12.7. The lowest BCUT2D eigenvalue weighted by Gasteiger charge is -2.33. The van der Waals surface area contributed by atoms with Crippen LogP contribution in [0.5, 0.6) is 0 Å². The number of alkyl carbamates (subject to hydrolysis) is 1. The van der Waals surface area contributed by atoms with Crippen LogP contribution >= 0.6 is 0 Å². The number of rotatable bonds is 6. The fraction of sp³-hybridized carbons (Fsp3) is 0.733. The van der Waals surface area contributed by atoms with Crippen LogP contribution in [0.2, 0.25) is 0 Å². The number of amides is 1. The van der Waals surface area contributed by atoms with E-state index in [2.05, 4.69) is 25.7 Å². The van der Waals surface area contributed by atoms with E-state index in [1.165, 1.54) is 0 Å². The Bertz CT molecular complexity index is 370. The van der Waals surface area contributed by atoms with Crippen LogP contribution in [0.4, 0.5) is 4.79 Å². The van der Waals surface area contributed by atoms with Crippen molar-refractivity contribution in [1.29, 1.82) is 0 Å². The van der Waals surface area contributed by atoms with E-state index < -0.39 is 12.1 Å². The molecule has 0 aromatic heterocycles. The maximum Gasteiger partial charge on any atom is 0.407 e. The van der Waals surface area contributed by atoms with E-state index in [9.17, 15) is 9.59 Å². The number of nitrogens with one attached hydrogen (secondary N) is 1. The van der Waals surface area contributed by atoms with Crippen LogP contribution in [-0.2, 0) is 14.3 Å². The van der Waals surface area contributed by atoms with Gasteiger partial charge in [-0.3, -0.25) is 0 Å². The maximum absolute atomic E-state index is 11.8. The lowest BCUT2D eigenvalue weighted by molar-refractivity contribution is -0.138. The van der Waals surface area contributed by atoms with Gasteiger partial charge < -0.3 is 14.8 Å². The van der Waals surface area contributed by atoms with Crippen LogP contribution < -0.4 is 5.32 Å². The van der Waals surface area contributed by atoms with Crippen molar-refractivity contribution in [3.63, 3.8) is 0 Å². The second kappa shape index (κ2) is 7.31. The number of carbonyl (C=O) groups is 2. The molecule has 1 aliphatic rings. The third kappa shape index (κ3) is 4.54. The van der Waals surface area contributed by atoms with Gasteiger partial charge in [0.25, 0.3) is 0 Å². The summed E-state index contributed by atoms with van der Waals surface area (Å²) >= 11 is 0. The Kier molecular flexibility index (Phi) is 6.05. The minimum atomic E-state index is -0.449. The fourth-order valence-corrected chi connectivity index (χ4v) is 2.41. The van der Waals surface area contributed by atoms with Gasteiger partial charge >= 0.3 is 12.1 Å². The molecule has 0 aromatic rings. The predicted octanol–water partition coefficient (Wildman–Crippen LogP) is 2.80. The smallest absolute Gasteiger partial charge is 0.407 e. The highest BCUT2D eigenvalue weighted by atomic mass is 16.6. The number of hydrogen-bond donors (Lipinski definition) is 1. The molecule has 114 valence electrons. The zero-order chi connectivity index (χ0) is 15.2. The lowest BCUT2D eigenvalue weighted by Crippen LogP contribution is -2.42. The molecule has 0 aromatic carbocycles. The van der Waals surface area contributed by atoms with Crippen molar-refractivity contribution >= 4 is 12.1 Å². The molecule has 1 saturated carbocycles. The van der Waals surface area contributed by atoms with Gasteiger partial charge in [0.2, 0.25) is 0 Å². The van der Waals surface area contributed by atoms with Crippen LogP contribution in [0, 0.1) is 5.92 Å². The Labute approximate surface area is 120 Å². The first-order valence-corrected chi connectivity index (χ1v) is 7.17. The summed E-state index contributed by atoms with van der Waals surface area (Å²) in [5.74, 6) is -0.147. The molecule has 1 aliphatic carbocycles. The van der Waals surface area contributed by atoms with Crippen molar-refractivity contribution in [3.8, 4) is 0 Å². The first kappa shape index (κ1) is 16.5. The highest BCUT2D eigenvalue weighted by Crippen LogP contribution is 2.39. The van der Waals surface area contributed by atoms with Crippen molar-refractivity contribution in [2.24, 2.45) is 5.92 Å². The van der Waals surface area contributed by atoms with Gasteiger partial charge in [0.15, 0.2) is 0 Å². The minimum absolute atomic E-state index is 0.121. The molecule has 0 unspecified atom stereocenters. The normalized spacial score (nSPS) is 16.8. The highest BCUT2D eigenvalue weighted by molar-refractivity contribution is 5.86. The summed E-state index contributed by atoms with van der Waals surface area (Å²) in [7, 11) is 0. The van der Waals surface area contributed by atoms with Crippen molar-refractivity contribution in [3.05, 3.63) is 12.2 Å². The molecular formula is C15H25NO4. The molecule has 0 bridgehead atoms. The Hall–Kier alpha value is -1.52. The molecular weight excluding hydrogens is 258 g/mol. The van der Waals surface area contributed by atoms with Crippen LogP contribution in [0.25, 0.3) is 0 Å². The summed E-state index contributed by atoms with van der Waals surface area (Å²) < 4.78 is 10.5. The number of esters is 1. The number of hydrogen-bond acceptors (Lipinski definition) is 4. The molecule has 0 spiro atoms. The molecule has 20 heavy (non-hydrogen) atoms. The SMILES string of the molecule is C=C(C)C(=O)OCCNC(=O)OC1(C(C)C)CCCC1. The lowest BCUT2D eigenvalue weighted by atomic mass is 9.88. The van der Waals surface area contributed by atoms with Gasteiger partial charge in [-0.25, -0.2) is 9.59 Å². The quantitative estimate of drug-likeness (QED) is 0.462. The van der Waals surface area contributed by atoms with E-state index in [-0.39, 0.29) is 18.8 Å². The Morgan fingerprint density at radius 1 is 1.30 bits per heavy atom. The first-order chi connectivity index (χ1) is 9.37. The van der Waals surface area contributed by atoms with Gasteiger partial charge in [0.1, 0.15) is 12.2 Å². The van der Waals surface area contributed by atoms with Crippen molar-refractivity contribution in [1.82, 2.24) is 5.32 Å². The van der Waals surface area contributed by atoms with Gasteiger partial charge in [0.05, 0.1) is 6.54 Å². The Balaban J connectivity index is 2.29. The molecule has 1 N–H and O–H groups in total. The molecule has 0 radical (unpaired) electrons. The molecule has 1 amide bonds.